The van der Waals surface area contributed by atoms with Gasteiger partial charge in [0.2, 0.25) is 0 Å². The van der Waals surface area contributed by atoms with E-state index < -0.39 is 0 Å². The quantitative estimate of drug-likeness (QED) is 0.524. The van der Waals surface area contributed by atoms with Gasteiger partial charge in [-0.15, -0.1) is 0 Å². The summed E-state index contributed by atoms with van der Waals surface area (Å²) in [5.74, 6) is 0.808. The Labute approximate surface area is 55.3 Å². The van der Waals surface area contributed by atoms with Crippen LogP contribution in [0.15, 0.2) is 0 Å². The normalized spacial score (nSPS) is 43.7. The van der Waals surface area contributed by atoms with Crippen LogP contribution in [0.4, 0.5) is 0 Å². The van der Waals surface area contributed by atoms with Crippen LogP contribution in [0.25, 0.3) is 0 Å². The highest BCUT2D eigenvalue weighted by atomic mass is 16.3. The van der Waals surface area contributed by atoms with Crippen molar-refractivity contribution in [3.63, 3.8) is 0 Å². The highest BCUT2D eigenvalue weighted by Gasteiger charge is 2.38. The molecule has 0 aromatic heterocycles. The Morgan fingerprint density at radius 2 is 2.00 bits per heavy atom. The molecule has 52 valence electrons. The van der Waals surface area contributed by atoms with E-state index >= 15 is 0 Å². The molecule has 2 heteroatoms. The third-order valence-electron chi connectivity index (χ3n) is 2.36. The predicted octanol–water partition coefficient (Wildman–Crippen LogP) is 0.119. The molecular weight excluding hydrogens is 114 g/mol. The molecule has 1 heterocycles. The second-order valence-corrected chi connectivity index (χ2v) is 3.17. The molecule has 0 amide bonds. The van der Waals surface area contributed by atoms with Crippen molar-refractivity contribution in [3.8, 4) is 0 Å². The average molecular weight is 127 g/mol. The third kappa shape index (κ3) is 0.970. The van der Waals surface area contributed by atoms with Crippen molar-refractivity contribution in [1.29, 1.82) is 0 Å². The summed E-state index contributed by atoms with van der Waals surface area (Å²) < 4.78 is 0. The summed E-state index contributed by atoms with van der Waals surface area (Å²) in [6, 6.07) is 0.449. The fraction of sp³-hybridized carbons (Fsp3) is 1.00. The SMILES string of the molecule is O[C@H]1CCN[C@H]1C1CC1. The van der Waals surface area contributed by atoms with Crippen molar-refractivity contribution in [3.05, 3.63) is 0 Å². The van der Waals surface area contributed by atoms with Crippen LogP contribution in [-0.4, -0.2) is 23.8 Å². The molecule has 2 fully saturated rings. The van der Waals surface area contributed by atoms with E-state index in [-0.39, 0.29) is 6.10 Å². The first-order chi connectivity index (χ1) is 4.38. The number of aliphatic hydroxyl groups is 1. The highest BCUT2D eigenvalue weighted by molar-refractivity contribution is 4.94. The molecular formula is C7H13NO. The molecule has 0 aromatic carbocycles. The lowest BCUT2D eigenvalue weighted by Crippen LogP contribution is -2.31. The van der Waals surface area contributed by atoms with Gasteiger partial charge in [-0.2, -0.15) is 0 Å². The topological polar surface area (TPSA) is 32.3 Å². The van der Waals surface area contributed by atoms with Gasteiger partial charge in [0.25, 0.3) is 0 Å². The number of aliphatic hydroxyl groups excluding tert-OH is 1. The fourth-order valence-electron chi connectivity index (χ4n) is 1.65. The molecule has 0 unspecified atom stereocenters. The van der Waals surface area contributed by atoms with E-state index in [0.717, 1.165) is 18.9 Å². The van der Waals surface area contributed by atoms with Crippen LogP contribution < -0.4 is 5.32 Å². The van der Waals surface area contributed by atoms with E-state index in [4.69, 9.17) is 0 Å². The van der Waals surface area contributed by atoms with Gasteiger partial charge >= 0.3 is 0 Å². The smallest absolute Gasteiger partial charge is 0.0708 e. The summed E-state index contributed by atoms with van der Waals surface area (Å²) in [6.07, 6.45) is 3.57. The lowest BCUT2D eigenvalue weighted by atomic mass is 10.1. The minimum atomic E-state index is -0.0440. The van der Waals surface area contributed by atoms with E-state index in [2.05, 4.69) is 5.32 Å². The molecule has 2 rings (SSSR count). The van der Waals surface area contributed by atoms with Crippen molar-refractivity contribution in [1.82, 2.24) is 5.32 Å². The average Bonchev–Trinajstić information content (AvgIpc) is 2.58. The Kier molecular flexibility index (Phi) is 1.24. The molecule has 1 saturated heterocycles. The van der Waals surface area contributed by atoms with Crippen LogP contribution in [0.1, 0.15) is 19.3 Å². The van der Waals surface area contributed by atoms with Crippen molar-refractivity contribution in [2.45, 2.75) is 31.4 Å². The lowest BCUT2D eigenvalue weighted by Gasteiger charge is -2.12. The molecule has 0 aromatic rings. The van der Waals surface area contributed by atoms with Crippen LogP contribution >= 0.6 is 0 Å². The largest absolute Gasteiger partial charge is 0.391 e. The molecule has 0 bridgehead atoms. The fourth-order valence-corrected chi connectivity index (χ4v) is 1.65. The zero-order valence-electron chi connectivity index (χ0n) is 5.51. The highest BCUT2D eigenvalue weighted by Crippen LogP contribution is 2.35. The van der Waals surface area contributed by atoms with Gasteiger partial charge in [0.05, 0.1) is 6.10 Å². The predicted molar refractivity (Wildman–Crippen MR) is 35.1 cm³/mol. The Bertz CT molecular complexity index is 111. The monoisotopic (exact) mass is 127 g/mol. The summed E-state index contributed by atoms with van der Waals surface area (Å²) >= 11 is 0. The molecule has 0 radical (unpaired) electrons. The number of rotatable bonds is 1. The van der Waals surface area contributed by atoms with E-state index in [1.165, 1.54) is 12.8 Å². The summed E-state index contributed by atoms with van der Waals surface area (Å²) in [5.41, 5.74) is 0. The van der Waals surface area contributed by atoms with E-state index in [9.17, 15) is 5.11 Å². The Morgan fingerprint density at radius 3 is 2.44 bits per heavy atom. The van der Waals surface area contributed by atoms with Gasteiger partial charge in [0.1, 0.15) is 0 Å². The molecule has 2 atom stereocenters. The first-order valence-corrected chi connectivity index (χ1v) is 3.79. The zero-order valence-corrected chi connectivity index (χ0v) is 5.51. The van der Waals surface area contributed by atoms with Crippen molar-refractivity contribution < 1.29 is 5.11 Å². The van der Waals surface area contributed by atoms with Crippen molar-refractivity contribution in [2.24, 2.45) is 5.92 Å². The van der Waals surface area contributed by atoms with Crippen molar-refractivity contribution in [2.75, 3.05) is 6.54 Å². The number of hydrogen-bond acceptors (Lipinski definition) is 2. The molecule has 2 N–H and O–H groups in total. The van der Waals surface area contributed by atoms with Gasteiger partial charge < -0.3 is 10.4 Å². The first-order valence-electron chi connectivity index (χ1n) is 3.79. The summed E-state index contributed by atoms with van der Waals surface area (Å²) in [7, 11) is 0. The second kappa shape index (κ2) is 1.96. The van der Waals surface area contributed by atoms with Crippen LogP contribution in [0.3, 0.4) is 0 Å². The van der Waals surface area contributed by atoms with Crippen molar-refractivity contribution >= 4 is 0 Å². The van der Waals surface area contributed by atoms with E-state index in [0.29, 0.717) is 6.04 Å². The van der Waals surface area contributed by atoms with E-state index in [1.807, 2.05) is 0 Å². The van der Waals surface area contributed by atoms with Gasteiger partial charge in [0.15, 0.2) is 0 Å². The van der Waals surface area contributed by atoms with Crippen LogP contribution in [0, 0.1) is 5.92 Å². The second-order valence-electron chi connectivity index (χ2n) is 3.17. The lowest BCUT2D eigenvalue weighted by molar-refractivity contribution is 0.150. The molecule has 9 heavy (non-hydrogen) atoms. The first kappa shape index (κ1) is 5.69. The van der Waals surface area contributed by atoms with Gasteiger partial charge in [-0.1, -0.05) is 0 Å². The van der Waals surface area contributed by atoms with Gasteiger partial charge in [-0.3, -0.25) is 0 Å². The Balaban J connectivity index is 1.93. The maximum absolute atomic E-state index is 9.34. The number of hydrogen-bond donors (Lipinski definition) is 2. The van der Waals surface area contributed by atoms with Crippen LogP contribution in [-0.2, 0) is 0 Å². The Morgan fingerprint density at radius 1 is 1.22 bits per heavy atom. The summed E-state index contributed by atoms with van der Waals surface area (Å²) in [4.78, 5) is 0. The van der Waals surface area contributed by atoms with Crippen LogP contribution in [0.2, 0.25) is 0 Å². The Hall–Kier alpha value is -0.0800. The minimum absolute atomic E-state index is 0.0440. The van der Waals surface area contributed by atoms with Gasteiger partial charge in [0, 0.05) is 6.04 Å². The van der Waals surface area contributed by atoms with Crippen LogP contribution in [0.5, 0.6) is 0 Å². The van der Waals surface area contributed by atoms with Gasteiger partial charge in [-0.25, -0.2) is 0 Å². The zero-order chi connectivity index (χ0) is 6.27. The van der Waals surface area contributed by atoms with Gasteiger partial charge in [-0.05, 0) is 31.7 Å². The summed E-state index contributed by atoms with van der Waals surface area (Å²) in [5, 5.41) is 12.7. The number of nitrogens with one attached hydrogen (secondary N) is 1. The molecule has 2 aliphatic rings. The minimum Gasteiger partial charge on any atom is -0.391 e. The third-order valence-corrected chi connectivity index (χ3v) is 2.36. The molecule has 1 aliphatic heterocycles. The maximum atomic E-state index is 9.34. The molecule has 1 saturated carbocycles. The molecule has 0 spiro atoms. The summed E-state index contributed by atoms with van der Waals surface area (Å²) in [6.45, 7) is 1.02. The molecule has 2 nitrogen and oxygen atoms in total. The van der Waals surface area contributed by atoms with E-state index in [1.54, 1.807) is 0 Å². The standard InChI is InChI=1S/C7H13NO/c9-6-3-4-8-7(6)5-1-2-5/h5-9H,1-4H2/t6-,7-/m0/s1. The molecule has 1 aliphatic carbocycles. The maximum Gasteiger partial charge on any atom is 0.0708 e.